The highest BCUT2D eigenvalue weighted by atomic mass is 19.1. The maximum Gasteiger partial charge on any atom is 0.150 e. The average Bonchev–Trinajstić information content (AvgIpc) is 2.52. The molecule has 0 unspecified atom stereocenters. The minimum atomic E-state index is -0.248. The minimum absolute atomic E-state index is 0.248. The van der Waals surface area contributed by atoms with E-state index in [1.807, 2.05) is 24.3 Å². The molecule has 0 heterocycles. The lowest BCUT2D eigenvalue weighted by molar-refractivity contribution is 0.485. The third-order valence-corrected chi connectivity index (χ3v) is 3.29. The molecular formula is C18H15FN2O. The lowest BCUT2D eigenvalue weighted by atomic mass is 10.1. The Hall–Kier alpha value is -3.01. The van der Waals surface area contributed by atoms with E-state index in [2.05, 4.69) is 0 Å². The van der Waals surface area contributed by atoms with Gasteiger partial charge in [0.2, 0.25) is 0 Å². The molecule has 0 aliphatic rings. The molecular weight excluding hydrogens is 279 g/mol. The number of hydrogen-bond donors (Lipinski definition) is 2. The molecule has 110 valence electrons. The van der Waals surface area contributed by atoms with Gasteiger partial charge < -0.3 is 16.2 Å². The normalized spacial score (nSPS) is 10.4. The summed E-state index contributed by atoms with van der Waals surface area (Å²) in [6.45, 7) is 0. The first-order chi connectivity index (χ1) is 10.6. The Kier molecular flexibility index (Phi) is 3.66. The quantitative estimate of drug-likeness (QED) is 0.701. The van der Waals surface area contributed by atoms with Crippen LogP contribution in [-0.2, 0) is 0 Å². The Morgan fingerprint density at radius 3 is 1.91 bits per heavy atom. The van der Waals surface area contributed by atoms with Crippen LogP contribution in [0.4, 0.5) is 15.8 Å². The van der Waals surface area contributed by atoms with Crippen LogP contribution >= 0.6 is 0 Å². The van der Waals surface area contributed by atoms with Crippen LogP contribution in [0.5, 0.6) is 11.5 Å². The van der Waals surface area contributed by atoms with E-state index in [0.29, 0.717) is 22.9 Å². The smallest absolute Gasteiger partial charge is 0.150 e. The Morgan fingerprint density at radius 1 is 0.727 bits per heavy atom. The van der Waals surface area contributed by atoms with Gasteiger partial charge in [-0.2, -0.15) is 0 Å². The zero-order valence-electron chi connectivity index (χ0n) is 11.8. The van der Waals surface area contributed by atoms with Gasteiger partial charge >= 0.3 is 0 Å². The van der Waals surface area contributed by atoms with Gasteiger partial charge in [-0.1, -0.05) is 24.3 Å². The van der Waals surface area contributed by atoms with Gasteiger partial charge in [-0.05, 0) is 53.6 Å². The van der Waals surface area contributed by atoms with Gasteiger partial charge in [-0.25, -0.2) is 4.39 Å². The summed E-state index contributed by atoms with van der Waals surface area (Å²) in [5.41, 5.74) is 14.5. The molecule has 4 N–H and O–H groups in total. The molecule has 0 aliphatic carbocycles. The van der Waals surface area contributed by atoms with Crippen molar-refractivity contribution < 1.29 is 9.13 Å². The van der Waals surface area contributed by atoms with Crippen molar-refractivity contribution in [3.8, 4) is 22.6 Å². The Balaban J connectivity index is 1.80. The van der Waals surface area contributed by atoms with Crippen LogP contribution in [-0.4, -0.2) is 0 Å². The molecule has 0 aliphatic heterocycles. The van der Waals surface area contributed by atoms with E-state index in [0.717, 1.165) is 11.1 Å². The number of nitrogens with two attached hydrogens (primary N) is 2. The number of benzene rings is 3. The van der Waals surface area contributed by atoms with Crippen molar-refractivity contribution in [3.05, 3.63) is 72.5 Å². The van der Waals surface area contributed by atoms with Crippen LogP contribution in [0.2, 0.25) is 0 Å². The summed E-state index contributed by atoms with van der Waals surface area (Å²) >= 11 is 0. The minimum Gasteiger partial charge on any atom is -0.455 e. The molecule has 4 heteroatoms. The third kappa shape index (κ3) is 3.01. The molecule has 0 radical (unpaired) electrons. The van der Waals surface area contributed by atoms with Crippen LogP contribution < -0.4 is 16.2 Å². The molecule has 0 aromatic heterocycles. The van der Waals surface area contributed by atoms with Gasteiger partial charge in [-0.15, -0.1) is 0 Å². The van der Waals surface area contributed by atoms with Gasteiger partial charge in [-0.3, -0.25) is 0 Å². The van der Waals surface area contributed by atoms with Gasteiger partial charge in [0.1, 0.15) is 17.3 Å². The Bertz CT molecular complexity index is 783. The molecule has 3 aromatic rings. The summed E-state index contributed by atoms with van der Waals surface area (Å²) in [5.74, 6) is 0.980. The molecule has 0 bridgehead atoms. The third-order valence-electron chi connectivity index (χ3n) is 3.29. The summed E-state index contributed by atoms with van der Waals surface area (Å²) in [7, 11) is 0. The van der Waals surface area contributed by atoms with Crippen LogP contribution in [0.1, 0.15) is 0 Å². The topological polar surface area (TPSA) is 61.3 Å². The lowest BCUT2D eigenvalue weighted by Gasteiger charge is -2.10. The van der Waals surface area contributed by atoms with Crippen molar-refractivity contribution >= 4 is 11.4 Å². The zero-order chi connectivity index (χ0) is 15.5. The van der Waals surface area contributed by atoms with Crippen molar-refractivity contribution in [3.63, 3.8) is 0 Å². The second kappa shape index (κ2) is 5.77. The lowest BCUT2D eigenvalue weighted by Crippen LogP contribution is -1.94. The van der Waals surface area contributed by atoms with E-state index in [4.69, 9.17) is 16.2 Å². The number of halogens is 1. The van der Waals surface area contributed by atoms with Crippen molar-refractivity contribution in [1.29, 1.82) is 0 Å². The fourth-order valence-electron chi connectivity index (χ4n) is 2.14. The molecule has 3 rings (SSSR count). The summed E-state index contributed by atoms with van der Waals surface area (Å²) < 4.78 is 18.7. The second-order valence-corrected chi connectivity index (χ2v) is 4.93. The second-order valence-electron chi connectivity index (χ2n) is 4.93. The van der Waals surface area contributed by atoms with Crippen LogP contribution in [0.15, 0.2) is 66.7 Å². The van der Waals surface area contributed by atoms with E-state index >= 15 is 0 Å². The van der Waals surface area contributed by atoms with Gasteiger partial charge in [0.05, 0.1) is 5.69 Å². The van der Waals surface area contributed by atoms with Crippen molar-refractivity contribution in [1.82, 2.24) is 0 Å². The molecule has 22 heavy (non-hydrogen) atoms. The highest BCUT2D eigenvalue weighted by Gasteiger charge is 2.04. The number of nitrogen functional groups attached to an aromatic ring is 2. The van der Waals surface area contributed by atoms with Crippen molar-refractivity contribution in [2.45, 2.75) is 0 Å². The fourth-order valence-corrected chi connectivity index (χ4v) is 2.14. The first-order valence-corrected chi connectivity index (χ1v) is 6.81. The van der Waals surface area contributed by atoms with Crippen molar-refractivity contribution in [2.24, 2.45) is 0 Å². The SMILES string of the molecule is Nc1ccc(Oc2ccc(-c3ccc(F)cc3)cc2)c(N)c1. The number of hydrogen-bond acceptors (Lipinski definition) is 3. The summed E-state index contributed by atoms with van der Waals surface area (Å²) in [6, 6.07) is 19.0. The number of rotatable bonds is 3. The number of ether oxygens (including phenoxy) is 1. The van der Waals surface area contributed by atoms with Crippen molar-refractivity contribution in [2.75, 3.05) is 11.5 Å². The van der Waals surface area contributed by atoms with Crippen LogP contribution in [0, 0.1) is 5.82 Å². The van der Waals surface area contributed by atoms with Gasteiger partial charge in [0, 0.05) is 5.69 Å². The zero-order valence-corrected chi connectivity index (χ0v) is 11.8. The first-order valence-electron chi connectivity index (χ1n) is 6.81. The van der Waals surface area contributed by atoms with E-state index < -0.39 is 0 Å². The van der Waals surface area contributed by atoms with Gasteiger partial charge in [0.25, 0.3) is 0 Å². The highest BCUT2D eigenvalue weighted by molar-refractivity contribution is 5.65. The molecule has 3 aromatic carbocycles. The highest BCUT2D eigenvalue weighted by Crippen LogP contribution is 2.30. The molecule has 0 saturated heterocycles. The largest absolute Gasteiger partial charge is 0.455 e. The molecule has 0 saturated carbocycles. The predicted octanol–water partition coefficient (Wildman–Crippen LogP) is 4.45. The van der Waals surface area contributed by atoms with E-state index in [1.54, 1.807) is 30.3 Å². The molecule has 0 fully saturated rings. The summed E-state index contributed by atoms with van der Waals surface area (Å²) in [6.07, 6.45) is 0. The van der Waals surface area contributed by atoms with Gasteiger partial charge in [0.15, 0.2) is 0 Å². The number of anilines is 2. The maximum atomic E-state index is 12.9. The molecule has 0 spiro atoms. The van der Waals surface area contributed by atoms with E-state index in [9.17, 15) is 4.39 Å². The maximum absolute atomic E-state index is 12.9. The Labute approximate surface area is 128 Å². The monoisotopic (exact) mass is 294 g/mol. The average molecular weight is 294 g/mol. The molecule has 0 atom stereocenters. The summed E-state index contributed by atoms with van der Waals surface area (Å²) in [5, 5.41) is 0. The summed E-state index contributed by atoms with van der Waals surface area (Å²) in [4.78, 5) is 0. The fraction of sp³-hybridized carbons (Fsp3) is 0. The Morgan fingerprint density at radius 2 is 1.32 bits per heavy atom. The van der Waals surface area contributed by atoms with E-state index in [-0.39, 0.29) is 5.82 Å². The molecule has 0 amide bonds. The first kappa shape index (κ1) is 13.9. The molecule has 3 nitrogen and oxygen atoms in total. The van der Waals surface area contributed by atoms with Crippen LogP contribution in [0.3, 0.4) is 0 Å². The van der Waals surface area contributed by atoms with E-state index in [1.165, 1.54) is 12.1 Å². The standard InChI is InChI=1S/C18H15FN2O/c19-14-5-1-12(2-6-14)13-3-8-16(9-4-13)22-18-10-7-15(20)11-17(18)21/h1-11H,20-21H2. The van der Waals surface area contributed by atoms with Crippen LogP contribution in [0.25, 0.3) is 11.1 Å². The predicted molar refractivity (Wildman–Crippen MR) is 87.2 cm³/mol.